The van der Waals surface area contributed by atoms with Gasteiger partial charge in [0.05, 0.1) is 15.9 Å². The van der Waals surface area contributed by atoms with Crippen LogP contribution in [0.15, 0.2) is 33.6 Å². The lowest BCUT2D eigenvalue weighted by molar-refractivity contribution is 0.793. The summed E-state index contributed by atoms with van der Waals surface area (Å²) in [5.41, 5.74) is 2.33. The van der Waals surface area contributed by atoms with E-state index >= 15 is 0 Å². The molecule has 0 spiro atoms. The van der Waals surface area contributed by atoms with Gasteiger partial charge in [-0.1, -0.05) is 31.5 Å². The van der Waals surface area contributed by atoms with Gasteiger partial charge in [0.25, 0.3) is 0 Å². The Morgan fingerprint density at radius 3 is 2.43 bits per heavy atom. The summed E-state index contributed by atoms with van der Waals surface area (Å²) in [6, 6.07) is 8.54. The predicted molar refractivity (Wildman–Crippen MR) is 94.1 cm³/mol. The first kappa shape index (κ1) is 16.3. The van der Waals surface area contributed by atoms with Gasteiger partial charge in [-0.15, -0.1) is 11.8 Å². The molecule has 3 nitrogen and oxygen atoms in total. The van der Waals surface area contributed by atoms with Crippen molar-refractivity contribution in [3.63, 3.8) is 0 Å². The number of anilines is 1. The lowest BCUT2D eigenvalue weighted by atomic mass is 10.1. The number of hydrogen-bond donors (Lipinski definition) is 1. The molecule has 0 fully saturated rings. The molecule has 21 heavy (non-hydrogen) atoms. The Bertz CT molecular complexity index is 612. The van der Waals surface area contributed by atoms with Crippen molar-refractivity contribution in [2.24, 2.45) is 0 Å². The van der Waals surface area contributed by atoms with Crippen molar-refractivity contribution < 1.29 is 0 Å². The van der Waals surface area contributed by atoms with E-state index in [1.807, 2.05) is 7.05 Å². The van der Waals surface area contributed by atoms with Gasteiger partial charge in [0, 0.05) is 11.9 Å². The second kappa shape index (κ2) is 7.27. The van der Waals surface area contributed by atoms with E-state index in [4.69, 9.17) is 4.98 Å². The molecule has 0 aliphatic carbocycles. The number of halogens is 1. The van der Waals surface area contributed by atoms with E-state index in [2.05, 4.69) is 71.3 Å². The summed E-state index contributed by atoms with van der Waals surface area (Å²) in [6.45, 7) is 6.38. The maximum Gasteiger partial charge on any atom is 0.144 e. The van der Waals surface area contributed by atoms with Gasteiger partial charge in [-0.25, -0.2) is 9.97 Å². The molecule has 0 atom stereocenters. The molecule has 0 saturated heterocycles. The Kier molecular flexibility index (Phi) is 5.65. The zero-order chi connectivity index (χ0) is 15.4. The molecule has 1 heterocycles. The third-order valence-electron chi connectivity index (χ3n) is 3.10. The molecule has 0 unspecified atom stereocenters. The second-order valence-electron chi connectivity index (χ2n) is 5.19. The van der Waals surface area contributed by atoms with Crippen molar-refractivity contribution in [2.75, 3.05) is 12.4 Å². The van der Waals surface area contributed by atoms with Crippen LogP contribution >= 0.6 is 27.7 Å². The quantitative estimate of drug-likeness (QED) is 0.756. The maximum absolute atomic E-state index is 4.69. The van der Waals surface area contributed by atoms with Crippen molar-refractivity contribution in [1.82, 2.24) is 9.97 Å². The summed E-state index contributed by atoms with van der Waals surface area (Å²) >= 11 is 5.35. The van der Waals surface area contributed by atoms with E-state index in [-0.39, 0.29) is 0 Å². The molecule has 2 aromatic rings. The van der Waals surface area contributed by atoms with E-state index in [9.17, 15) is 0 Å². The van der Waals surface area contributed by atoms with Gasteiger partial charge in [-0.3, -0.25) is 0 Å². The van der Waals surface area contributed by atoms with Crippen molar-refractivity contribution in [2.45, 2.75) is 37.3 Å². The van der Waals surface area contributed by atoms with Crippen LogP contribution in [0.1, 0.15) is 36.8 Å². The van der Waals surface area contributed by atoms with Crippen LogP contribution in [0.4, 0.5) is 5.82 Å². The molecule has 0 aliphatic heterocycles. The largest absolute Gasteiger partial charge is 0.372 e. The number of nitrogens with zero attached hydrogens (tertiary/aromatic N) is 2. The van der Waals surface area contributed by atoms with E-state index in [0.717, 1.165) is 27.6 Å². The fraction of sp³-hybridized carbons (Fsp3) is 0.375. The minimum absolute atomic E-state index is 0.359. The Hall–Kier alpha value is -1.07. The van der Waals surface area contributed by atoms with Gasteiger partial charge >= 0.3 is 0 Å². The Balaban J connectivity index is 2.19. The number of thioether (sulfide) groups is 1. The summed E-state index contributed by atoms with van der Waals surface area (Å²) in [6.07, 6.45) is 0. The summed E-state index contributed by atoms with van der Waals surface area (Å²) < 4.78 is 0.962. The van der Waals surface area contributed by atoms with Gasteiger partial charge in [-0.05, 0) is 40.9 Å². The van der Waals surface area contributed by atoms with Gasteiger partial charge in [0.15, 0.2) is 0 Å². The predicted octanol–water partition coefficient (Wildman–Crippen LogP) is 5.00. The van der Waals surface area contributed by atoms with Crippen LogP contribution in [-0.4, -0.2) is 17.0 Å². The highest BCUT2D eigenvalue weighted by molar-refractivity contribution is 9.10. The SMILES string of the molecule is CNc1nc(CSc2ccc(C)cc2)nc(C(C)C)c1Br. The molecular weight excluding hydrogens is 346 g/mol. The van der Waals surface area contributed by atoms with Gasteiger partial charge in [-0.2, -0.15) is 0 Å². The van der Waals surface area contributed by atoms with E-state index in [0.29, 0.717) is 5.92 Å². The van der Waals surface area contributed by atoms with Crippen LogP contribution in [0.25, 0.3) is 0 Å². The highest BCUT2D eigenvalue weighted by Gasteiger charge is 2.14. The summed E-state index contributed by atoms with van der Waals surface area (Å²) in [4.78, 5) is 10.5. The Labute approximate surface area is 139 Å². The topological polar surface area (TPSA) is 37.8 Å². The number of aryl methyl sites for hydroxylation is 1. The minimum atomic E-state index is 0.359. The zero-order valence-electron chi connectivity index (χ0n) is 12.8. The first-order valence-corrected chi connectivity index (χ1v) is 8.72. The second-order valence-corrected chi connectivity index (χ2v) is 7.04. The van der Waals surface area contributed by atoms with Crippen molar-refractivity contribution in [3.8, 4) is 0 Å². The standard InChI is InChI=1S/C16H20BrN3S/c1-10(2)15-14(17)16(18-4)20-13(19-15)9-21-12-7-5-11(3)6-8-12/h5-8,10H,9H2,1-4H3,(H,18,19,20). The van der Waals surface area contributed by atoms with E-state index in [1.54, 1.807) is 11.8 Å². The van der Waals surface area contributed by atoms with Crippen LogP contribution in [-0.2, 0) is 5.75 Å². The zero-order valence-corrected chi connectivity index (χ0v) is 15.2. The maximum atomic E-state index is 4.69. The van der Waals surface area contributed by atoms with Gasteiger partial charge in [0.1, 0.15) is 11.6 Å². The molecule has 1 aromatic heterocycles. The average molecular weight is 366 g/mol. The molecule has 0 aliphatic rings. The number of aromatic nitrogens is 2. The van der Waals surface area contributed by atoms with E-state index in [1.165, 1.54) is 10.5 Å². The highest BCUT2D eigenvalue weighted by atomic mass is 79.9. The Morgan fingerprint density at radius 2 is 1.86 bits per heavy atom. The van der Waals surface area contributed by atoms with Gasteiger partial charge < -0.3 is 5.32 Å². The molecule has 0 saturated carbocycles. The van der Waals surface area contributed by atoms with Crippen molar-refractivity contribution in [3.05, 3.63) is 45.8 Å². The highest BCUT2D eigenvalue weighted by Crippen LogP contribution is 2.30. The number of hydrogen-bond acceptors (Lipinski definition) is 4. The van der Waals surface area contributed by atoms with Crippen LogP contribution in [0.2, 0.25) is 0 Å². The molecule has 2 rings (SSSR count). The number of rotatable bonds is 5. The van der Waals surface area contributed by atoms with Gasteiger partial charge in [0.2, 0.25) is 0 Å². The van der Waals surface area contributed by atoms with Crippen LogP contribution in [0, 0.1) is 6.92 Å². The average Bonchev–Trinajstić information content (AvgIpc) is 2.47. The molecule has 0 radical (unpaired) electrons. The van der Waals surface area contributed by atoms with Crippen LogP contribution in [0.3, 0.4) is 0 Å². The fourth-order valence-electron chi connectivity index (χ4n) is 1.91. The van der Waals surface area contributed by atoms with Crippen LogP contribution < -0.4 is 5.32 Å². The molecule has 1 N–H and O–H groups in total. The lowest BCUT2D eigenvalue weighted by Crippen LogP contribution is -2.06. The smallest absolute Gasteiger partial charge is 0.144 e. The molecule has 0 bridgehead atoms. The summed E-state index contributed by atoms with van der Waals surface area (Å²) in [5, 5.41) is 3.13. The normalized spacial score (nSPS) is 11.0. The van der Waals surface area contributed by atoms with Crippen molar-refractivity contribution >= 4 is 33.5 Å². The summed E-state index contributed by atoms with van der Waals surface area (Å²) in [7, 11) is 1.88. The lowest BCUT2D eigenvalue weighted by Gasteiger charge is -2.13. The molecule has 0 amide bonds. The third kappa shape index (κ3) is 4.20. The van der Waals surface area contributed by atoms with E-state index < -0.39 is 0 Å². The summed E-state index contributed by atoms with van der Waals surface area (Å²) in [5.74, 6) is 2.84. The minimum Gasteiger partial charge on any atom is -0.372 e. The van der Waals surface area contributed by atoms with Crippen molar-refractivity contribution in [1.29, 1.82) is 0 Å². The fourth-order valence-corrected chi connectivity index (χ4v) is 3.49. The molecule has 1 aromatic carbocycles. The first-order valence-electron chi connectivity index (χ1n) is 6.94. The first-order chi connectivity index (χ1) is 10.0. The molecular formula is C16H20BrN3S. The van der Waals surface area contributed by atoms with Crippen LogP contribution in [0.5, 0.6) is 0 Å². The monoisotopic (exact) mass is 365 g/mol. The molecule has 112 valence electrons. The Morgan fingerprint density at radius 1 is 1.19 bits per heavy atom. The molecule has 5 heteroatoms. The third-order valence-corrected chi connectivity index (χ3v) is 4.89. The number of nitrogens with one attached hydrogen (secondary N) is 1. The number of benzene rings is 1.